The minimum absolute atomic E-state index is 0.121. The zero-order chi connectivity index (χ0) is 22.9. The number of carbonyl (C=O) groups excluding carboxylic acids is 1. The van der Waals surface area contributed by atoms with Gasteiger partial charge < -0.3 is 4.90 Å². The fraction of sp³-hybridized carbons (Fsp3) is 0.435. The van der Waals surface area contributed by atoms with E-state index in [4.69, 9.17) is 0 Å². The van der Waals surface area contributed by atoms with Crippen molar-refractivity contribution in [3.63, 3.8) is 0 Å². The topological polar surface area (TPSA) is 57.7 Å². The monoisotopic (exact) mass is 450 g/mol. The Morgan fingerprint density at radius 2 is 1.61 bits per heavy atom. The summed E-state index contributed by atoms with van der Waals surface area (Å²) in [6, 6.07) is 7.30. The van der Waals surface area contributed by atoms with Gasteiger partial charge in [-0.15, -0.1) is 0 Å². The molecule has 0 unspecified atom stereocenters. The molecule has 31 heavy (non-hydrogen) atoms. The summed E-state index contributed by atoms with van der Waals surface area (Å²) in [5.74, 6) is -2.30. The molecule has 1 saturated heterocycles. The van der Waals surface area contributed by atoms with E-state index in [9.17, 15) is 22.0 Å². The third kappa shape index (κ3) is 4.96. The Hall–Kier alpha value is -2.32. The van der Waals surface area contributed by atoms with Gasteiger partial charge in [-0.1, -0.05) is 23.8 Å². The van der Waals surface area contributed by atoms with Crippen molar-refractivity contribution in [1.29, 1.82) is 0 Å². The number of sulfonamides is 1. The second kappa shape index (κ2) is 9.04. The zero-order valence-electron chi connectivity index (χ0n) is 18.3. The Bertz CT molecular complexity index is 1070. The van der Waals surface area contributed by atoms with Crippen LogP contribution in [0.2, 0.25) is 0 Å². The first-order chi connectivity index (χ1) is 14.5. The average Bonchev–Trinajstić information content (AvgIpc) is 2.69. The lowest BCUT2D eigenvalue weighted by Crippen LogP contribution is -2.43. The lowest BCUT2D eigenvalue weighted by Gasteiger charge is -2.33. The Morgan fingerprint density at radius 1 is 1.03 bits per heavy atom. The number of halogens is 2. The van der Waals surface area contributed by atoms with Gasteiger partial charge in [0.15, 0.2) is 11.6 Å². The third-order valence-electron chi connectivity index (χ3n) is 5.79. The Kier molecular flexibility index (Phi) is 6.81. The molecule has 1 fully saturated rings. The van der Waals surface area contributed by atoms with Gasteiger partial charge in [-0.3, -0.25) is 4.79 Å². The molecule has 168 valence electrons. The predicted octanol–water partition coefficient (Wildman–Crippen LogP) is 3.95. The van der Waals surface area contributed by atoms with E-state index < -0.39 is 21.7 Å². The van der Waals surface area contributed by atoms with Crippen LogP contribution in [0.1, 0.15) is 35.1 Å². The second-order valence-electron chi connectivity index (χ2n) is 8.35. The molecule has 0 aliphatic carbocycles. The highest BCUT2D eigenvalue weighted by Crippen LogP contribution is 2.29. The van der Waals surface area contributed by atoms with E-state index in [0.717, 1.165) is 28.8 Å². The largest absolute Gasteiger partial charge is 0.341 e. The van der Waals surface area contributed by atoms with Crippen LogP contribution in [0.4, 0.5) is 8.78 Å². The molecule has 0 atom stereocenters. The van der Waals surface area contributed by atoms with Gasteiger partial charge in [0.1, 0.15) is 0 Å². The fourth-order valence-corrected chi connectivity index (χ4v) is 6.23. The van der Waals surface area contributed by atoms with Crippen LogP contribution in [-0.2, 0) is 21.4 Å². The molecule has 1 aliphatic rings. The van der Waals surface area contributed by atoms with E-state index in [-0.39, 0.29) is 31.5 Å². The van der Waals surface area contributed by atoms with Gasteiger partial charge >= 0.3 is 0 Å². The van der Waals surface area contributed by atoms with Gasteiger partial charge in [0.25, 0.3) is 0 Å². The van der Waals surface area contributed by atoms with Crippen molar-refractivity contribution >= 4 is 15.9 Å². The quantitative estimate of drug-likeness (QED) is 0.693. The van der Waals surface area contributed by atoms with Crippen LogP contribution >= 0.6 is 0 Å². The number of aryl methyl sites for hydroxylation is 3. The number of piperidine rings is 1. The maximum Gasteiger partial charge on any atom is 0.243 e. The number of rotatable bonds is 5. The second-order valence-corrected chi connectivity index (χ2v) is 10.2. The van der Waals surface area contributed by atoms with Crippen LogP contribution in [-0.4, -0.2) is 43.7 Å². The van der Waals surface area contributed by atoms with E-state index in [1.165, 1.54) is 15.3 Å². The molecule has 2 aromatic rings. The van der Waals surface area contributed by atoms with Gasteiger partial charge in [0.05, 0.1) is 4.90 Å². The molecule has 8 heteroatoms. The minimum Gasteiger partial charge on any atom is -0.341 e. The first-order valence-corrected chi connectivity index (χ1v) is 11.7. The molecule has 0 radical (unpaired) electrons. The number of nitrogens with zero attached hydrogens (tertiary/aromatic N) is 2. The van der Waals surface area contributed by atoms with Crippen LogP contribution in [0, 0.1) is 38.3 Å². The van der Waals surface area contributed by atoms with Crippen molar-refractivity contribution in [1.82, 2.24) is 9.21 Å². The van der Waals surface area contributed by atoms with E-state index in [1.807, 2.05) is 19.1 Å². The van der Waals surface area contributed by atoms with Gasteiger partial charge in [-0.2, -0.15) is 4.31 Å². The van der Waals surface area contributed by atoms with Crippen LogP contribution in [0.15, 0.2) is 35.2 Å². The fourth-order valence-electron chi connectivity index (χ4n) is 4.35. The van der Waals surface area contributed by atoms with Crippen molar-refractivity contribution in [2.24, 2.45) is 5.92 Å². The highest BCUT2D eigenvalue weighted by atomic mass is 32.2. The summed E-state index contributed by atoms with van der Waals surface area (Å²) in [6.07, 6.45) is 0.842. The maximum atomic E-state index is 13.4. The van der Waals surface area contributed by atoms with Crippen LogP contribution in [0.3, 0.4) is 0 Å². The van der Waals surface area contributed by atoms with E-state index in [0.29, 0.717) is 23.3 Å². The predicted molar refractivity (Wildman–Crippen MR) is 115 cm³/mol. The Morgan fingerprint density at radius 3 is 2.16 bits per heavy atom. The van der Waals surface area contributed by atoms with Crippen molar-refractivity contribution in [2.75, 3.05) is 20.1 Å². The number of hydrogen-bond acceptors (Lipinski definition) is 3. The standard InChI is InChI=1S/C23H28F2N2O3S/c1-15-11-16(2)22(17(3)12-15)31(29,30)27-9-7-19(8-10-27)23(28)26(4)14-18-5-6-20(24)21(25)13-18/h5-6,11-13,19H,7-10,14H2,1-4H3. The molecular weight excluding hydrogens is 422 g/mol. The van der Waals surface area contributed by atoms with Gasteiger partial charge in [0.2, 0.25) is 15.9 Å². The summed E-state index contributed by atoms with van der Waals surface area (Å²) >= 11 is 0. The molecule has 0 aromatic heterocycles. The first kappa shape index (κ1) is 23.3. The highest BCUT2D eigenvalue weighted by Gasteiger charge is 2.34. The first-order valence-electron chi connectivity index (χ1n) is 10.3. The lowest BCUT2D eigenvalue weighted by molar-refractivity contribution is -0.135. The Labute approximate surface area is 182 Å². The molecule has 5 nitrogen and oxygen atoms in total. The van der Waals surface area contributed by atoms with E-state index in [1.54, 1.807) is 20.9 Å². The normalized spacial score (nSPS) is 15.8. The molecule has 0 bridgehead atoms. The Balaban J connectivity index is 1.66. The highest BCUT2D eigenvalue weighted by molar-refractivity contribution is 7.89. The van der Waals surface area contributed by atoms with Crippen molar-refractivity contribution in [2.45, 2.75) is 45.1 Å². The molecule has 0 spiro atoms. The third-order valence-corrected chi connectivity index (χ3v) is 7.99. The number of hydrogen-bond donors (Lipinski definition) is 0. The molecule has 1 heterocycles. The molecule has 3 rings (SSSR count). The van der Waals surface area contributed by atoms with Crippen LogP contribution in [0.5, 0.6) is 0 Å². The average molecular weight is 451 g/mol. The number of carbonyl (C=O) groups is 1. The zero-order valence-corrected chi connectivity index (χ0v) is 19.1. The van der Waals surface area contributed by atoms with E-state index in [2.05, 4.69) is 0 Å². The van der Waals surface area contributed by atoms with E-state index >= 15 is 0 Å². The smallest absolute Gasteiger partial charge is 0.243 e. The summed E-state index contributed by atoms with van der Waals surface area (Å²) in [7, 11) is -2.02. The summed E-state index contributed by atoms with van der Waals surface area (Å²) in [5.41, 5.74) is 2.96. The van der Waals surface area contributed by atoms with Gasteiger partial charge in [0, 0.05) is 32.6 Å². The van der Waals surface area contributed by atoms with Crippen LogP contribution < -0.4 is 0 Å². The lowest BCUT2D eigenvalue weighted by atomic mass is 9.96. The number of benzene rings is 2. The molecule has 1 aliphatic heterocycles. The summed E-state index contributed by atoms with van der Waals surface area (Å²) in [5, 5.41) is 0. The van der Waals surface area contributed by atoms with Gasteiger partial charge in [-0.05, 0) is 62.4 Å². The van der Waals surface area contributed by atoms with Crippen LogP contribution in [0.25, 0.3) is 0 Å². The van der Waals surface area contributed by atoms with Crippen molar-refractivity contribution in [3.05, 3.63) is 64.2 Å². The van der Waals surface area contributed by atoms with Crippen molar-refractivity contribution < 1.29 is 22.0 Å². The van der Waals surface area contributed by atoms with Gasteiger partial charge in [-0.25, -0.2) is 17.2 Å². The van der Waals surface area contributed by atoms with Crippen molar-refractivity contribution in [3.8, 4) is 0 Å². The molecule has 1 amide bonds. The SMILES string of the molecule is Cc1cc(C)c(S(=O)(=O)N2CCC(C(=O)N(C)Cc3ccc(F)c(F)c3)CC2)c(C)c1. The molecule has 2 aromatic carbocycles. The summed E-state index contributed by atoms with van der Waals surface area (Å²) < 4.78 is 54.4. The maximum absolute atomic E-state index is 13.4. The summed E-state index contributed by atoms with van der Waals surface area (Å²) in [4.78, 5) is 14.6. The molecule has 0 N–H and O–H groups in total. The number of amides is 1. The molecular formula is C23H28F2N2O3S. The molecule has 0 saturated carbocycles. The summed E-state index contributed by atoms with van der Waals surface area (Å²) in [6.45, 7) is 6.24. The minimum atomic E-state index is -3.64.